The fraction of sp³-hybridized carbons (Fsp3) is 0.250. The van der Waals surface area contributed by atoms with E-state index >= 15 is 0 Å². The summed E-state index contributed by atoms with van der Waals surface area (Å²) in [6.07, 6.45) is 4.30. The number of fused-ring (bicyclic) bond motifs is 2. The molecule has 5 nitrogen and oxygen atoms in total. The van der Waals surface area contributed by atoms with Crippen molar-refractivity contribution in [1.29, 1.82) is 0 Å². The Morgan fingerprint density at radius 2 is 1.92 bits per heavy atom. The van der Waals surface area contributed by atoms with Crippen LogP contribution in [-0.4, -0.2) is 19.3 Å². The summed E-state index contributed by atoms with van der Waals surface area (Å²) in [6.45, 7) is 2.92. The monoisotopic (exact) mass is 337 g/mol. The third-order valence-electron chi connectivity index (χ3n) is 4.40. The second kappa shape index (κ2) is 6.51. The molecule has 0 aliphatic carbocycles. The van der Waals surface area contributed by atoms with E-state index < -0.39 is 0 Å². The molecule has 5 heteroatoms. The molecule has 1 atom stereocenters. The summed E-state index contributed by atoms with van der Waals surface area (Å²) >= 11 is 0. The first kappa shape index (κ1) is 15.6. The third kappa shape index (κ3) is 3.31. The van der Waals surface area contributed by atoms with Gasteiger partial charge in [0.25, 0.3) is 0 Å². The number of rotatable bonds is 4. The largest absolute Gasteiger partial charge is 0.493 e. The molecule has 2 aliphatic rings. The zero-order valence-electron chi connectivity index (χ0n) is 14.0. The Kier molecular flexibility index (Phi) is 4.06. The normalized spacial score (nSPS) is 15.7. The molecule has 1 amide bonds. The third-order valence-corrected chi connectivity index (χ3v) is 4.40. The number of carbonyl (C=O) groups is 1. The van der Waals surface area contributed by atoms with Crippen molar-refractivity contribution >= 4 is 12.0 Å². The molecule has 2 aliphatic heterocycles. The standard InChI is InChI=1S/C20H19NO4/c1-13(15-4-6-18-19(11-15)25-12-24-18)21-20(22)7-3-14-2-5-17-16(10-14)8-9-23-17/h2-7,10-11,13H,8-9,12H2,1H3,(H,21,22)/b7-3+. The van der Waals surface area contributed by atoms with E-state index in [0.717, 1.165) is 41.4 Å². The lowest BCUT2D eigenvalue weighted by molar-refractivity contribution is -0.117. The van der Waals surface area contributed by atoms with Crippen LogP contribution in [0, 0.1) is 0 Å². The van der Waals surface area contributed by atoms with Gasteiger partial charge in [-0.1, -0.05) is 12.1 Å². The zero-order valence-corrected chi connectivity index (χ0v) is 14.0. The van der Waals surface area contributed by atoms with Gasteiger partial charge in [0.2, 0.25) is 12.7 Å². The van der Waals surface area contributed by atoms with E-state index in [0.29, 0.717) is 0 Å². The Morgan fingerprint density at radius 3 is 2.84 bits per heavy atom. The van der Waals surface area contributed by atoms with Crippen LogP contribution in [0.2, 0.25) is 0 Å². The van der Waals surface area contributed by atoms with Crippen LogP contribution < -0.4 is 19.5 Å². The zero-order chi connectivity index (χ0) is 17.2. The van der Waals surface area contributed by atoms with Crippen molar-refractivity contribution in [3.8, 4) is 17.2 Å². The van der Waals surface area contributed by atoms with Gasteiger partial charge in [-0.2, -0.15) is 0 Å². The van der Waals surface area contributed by atoms with Crippen molar-refractivity contribution in [3.05, 3.63) is 59.2 Å². The molecule has 4 rings (SSSR count). The van der Waals surface area contributed by atoms with E-state index in [4.69, 9.17) is 14.2 Å². The van der Waals surface area contributed by atoms with Gasteiger partial charge in [-0.25, -0.2) is 0 Å². The van der Waals surface area contributed by atoms with Crippen LogP contribution in [0.4, 0.5) is 0 Å². The first-order valence-electron chi connectivity index (χ1n) is 8.33. The lowest BCUT2D eigenvalue weighted by Crippen LogP contribution is -2.24. The minimum absolute atomic E-state index is 0.125. The van der Waals surface area contributed by atoms with Crippen molar-refractivity contribution in [3.63, 3.8) is 0 Å². The van der Waals surface area contributed by atoms with Gasteiger partial charge in [-0.3, -0.25) is 4.79 Å². The summed E-state index contributed by atoms with van der Waals surface area (Å²) in [5.74, 6) is 2.26. The van der Waals surface area contributed by atoms with E-state index in [2.05, 4.69) is 11.4 Å². The molecule has 1 unspecified atom stereocenters. The van der Waals surface area contributed by atoms with Gasteiger partial charge >= 0.3 is 0 Å². The number of ether oxygens (including phenoxy) is 3. The van der Waals surface area contributed by atoms with E-state index in [1.807, 2.05) is 43.3 Å². The van der Waals surface area contributed by atoms with Crippen LogP contribution >= 0.6 is 0 Å². The maximum Gasteiger partial charge on any atom is 0.244 e. The minimum atomic E-state index is -0.137. The Bertz CT molecular complexity index is 844. The summed E-state index contributed by atoms with van der Waals surface area (Å²) in [7, 11) is 0. The smallest absolute Gasteiger partial charge is 0.244 e. The van der Waals surface area contributed by atoms with Crippen molar-refractivity contribution in [2.24, 2.45) is 0 Å². The number of hydrogen-bond acceptors (Lipinski definition) is 4. The van der Waals surface area contributed by atoms with Crippen LogP contribution in [0.25, 0.3) is 6.08 Å². The highest BCUT2D eigenvalue weighted by Gasteiger charge is 2.16. The second-order valence-electron chi connectivity index (χ2n) is 6.14. The highest BCUT2D eigenvalue weighted by Crippen LogP contribution is 2.34. The molecule has 2 aromatic carbocycles. The Morgan fingerprint density at radius 1 is 1.08 bits per heavy atom. The first-order chi connectivity index (χ1) is 12.2. The fourth-order valence-electron chi connectivity index (χ4n) is 3.01. The van der Waals surface area contributed by atoms with Gasteiger partial charge in [0.1, 0.15) is 5.75 Å². The highest BCUT2D eigenvalue weighted by atomic mass is 16.7. The van der Waals surface area contributed by atoms with E-state index in [1.165, 1.54) is 5.56 Å². The van der Waals surface area contributed by atoms with Gasteiger partial charge in [-0.05, 0) is 54.0 Å². The van der Waals surface area contributed by atoms with Gasteiger partial charge in [0.15, 0.2) is 11.5 Å². The summed E-state index contributed by atoms with van der Waals surface area (Å²) in [4.78, 5) is 12.2. The summed E-state index contributed by atoms with van der Waals surface area (Å²) < 4.78 is 16.2. The predicted molar refractivity (Wildman–Crippen MR) is 93.8 cm³/mol. The van der Waals surface area contributed by atoms with Crippen molar-refractivity contribution in [2.75, 3.05) is 13.4 Å². The predicted octanol–water partition coefficient (Wildman–Crippen LogP) is 3.24. The van der Waals surface area contributed by atoms with Gasteiger partial charge in [0, 0.05) is 12.5 Å². The molecule has 2 heterocycles. The summed E-state index contributed by atoms with van der Waals surface area (Å²) in [5.41, 5.74) is 3.16. The van der Waals surface area contributed by atoms with E-state index in [9.17, 15) is 4.79 Å². The number of carbonyl (C=O) groups excluding carboxylic acids is 1. The average Bonchev–Trinajstić information content (AvgIpc) is 3.27. The Balaban J connectivity index is 1.39. The molecule has 0 saturated carbocycles. The second-order valence-corrected chi connectivity index (χ2v) is 6.14. The van der Waals surface area contributed by atoms with Crippen molar-refractivity contribution in [2.45, 2.75) is 19.4 Å². The van der Waals surface area contributed by atoms with Gasteiger partial charge < -0.3 is 19.5 Å². The Hall–Kier alpha value is -2.95. The number of nitrogens with one attached hydrogen (secondary N) is 1. The Labute approximate surface area is 146 Å². The number of hydrogen-bond donors (Lipinski definition) is 1. The summed E-state index contributed by atoms with van der Waals surface area (Å²) in [5, 5.41) is 2.96. The summed E-state index contributed by atoms with van der Waals surface area (Å²) in [6, 6.07) is 11.5. The lowest BCUT2D eigenvalue weighted by atomic mass is 10.1. The highest BCUT2D eigenvalue weighted by molar-refractivity contribution is 5.92. The van der Waals surface area contributed by atoms with Crippen LogP contribution in [-0.2, 0) is 11.2 Å². The van der Waals surface area contributed by atoms with Crippen molar-refractivity contribution < 1.29 is 19.0 Å². The van der Waals surface area contributed by atoms with E-state index in [-0.39, 0.29) is 18.7 Å². The topological polar surface area (TPSA) is 56.8 Å². The van der Waals surface area contributed by atoms with Crippen LogP contribution in [0.15, 0.2) is 42.5 Å². The molecule has 0 fully saturated rings. The molecule has 0 radical (unpaired) electrons. The molecule has 0 saturated heterocycles. The molecule has 0 aromatic heterocycles. The molecular formula is C20H19NO4. The molecule has 0 spiro atoms. The number of benzene rings is 2. The average molecular weight is 337 g/mol. The maximum atomic E-state index is 12.2. The van der Waals surface area contributed by atoms with Gasteiger partial charge in [-0.15, -0.1) is 0 Å². The van der Waals surface area contributed by atoms with Crippen molar-refractivity contribution in [1.82, 2.24) is 5.32 Å². The minimum Gasteiger partial charge on any atom is -0.493 e. The van der Waals surface area contributed by atoms with Crippen LogP contribution in [0.3, 0.4) is 0 Å². The molecule has 128 valence electrons. The molecule has 0 bridgehead atoms. The first-order valence-corrected chi connectivity index (χ1v) is 8.33. The molecule has 1 N–H and O–H groups in total. The van der Waals surface area contributed by atoms with Crippen LogP contribution in [0.1, 0.15) is 29.7 Å². The van der Waals surface area contributed by atoms with Gasteiger partial charge in [0.05, 0.1) is 12.6 Å². The number of amides is 1. The SMILES string of the molecule is CC(NC(=O)/C=C/c1ccc2c(c1)CCO2)c1ccc2c(c1)OCO2. The van der Waals surface area contributed by atoms with Crippen LogP contribution in [0.5, 0.6) is 17.2 Å². The maximum absolute atomic E-state index is 12.2. The molecule has 2 aromatic rings. The molecule has 25 heavy (non-hydrogen) atoms. The lowest BCUT2D eigenvalue weighted by Gasteiger charge is -2.13. The quantitative estimate of drug-likeness (QED) is 0.870. The fourth-order valence-corrected chi connectivity index (χ4v) is 3.01. The van der Waals surface area contributed by atoms with E-state index in [1.54, 1.807) is 6.08 Å². The molecular weight excluding hydrogens is 318 g/mol.